The average molecular weight is 265 g/mol. The van der Waals surface area contributed by atoms with Crippen LogP contribution in [-0.4, -0.2) is 15.2 Å². The number of aromatic nitrogens is 2. The molecule has 5 nitrogen and oxygen atoms in total. The molecule has 1 aromatic rings. The molecule has 0 saturated heterocycles. The zero-order valence-electron chi connectivity index (χ0n) is 11.8. The highest BCUT2D eigenvalue weighted by Gasteiger charge is 2.13. The number of nitrogens with one attached hydrogen (secondary N) is 1. The zero-order valence-corrected chi connectivity index (χ0v) is 11.8. The fourth-order valence-electron chi connectivity index (χ4n) is 2.74. The number of nitrogens with zero attached hydrogens (tertiary/aromatic N) is 2. The first-order valence-corrected chi connectivity index (χ1v) is 7.08. The number of hydrogen-bond acceptors (Lipinski definition) is 3. The van der Waals surface area contributed by atoms with Gasteiger partial charge in [0.25, 0.3) is 5.56 Å². The highest BCUT2D eigenvalue weighted by atomic mass is 16.2. The maximum absolute atomic E-state index is 12.0. The van der Waals surface area contributed by atoms with Crippen molar-refractivity contribution in [2.24, 2.45) is 14.1 Å². The Bertz CT molecular complexity index is 537. The normalized spacial score (nSPS) is 17.4. The van der Waals surface area contributed by atoms with Crippen molar-refractivity contribution < 1.29 is 0 Å². The lowest BCUT2D eigenvalue weighted by atomic mass is 10.1. The standard InChI is InChI=1S/C14H23N3O2/c1-16-10-11(13(18)17(2)14(16)19)9-15-12-7-5-3-4-6-8-12/h10,12,15H,3-9H2,1-2H3. The van der Waals surface area contributed by atoms with E-state index in [0.717, 1.165) is 0 Å². The van der Waals surface area contributed by atoms with Crippen molar-refractivity contribution >= 4 is 0 Å². The minimum absolute atomic E-state index is 0.191. The molecule has 1 fully saturated rings. The van der Waals surface area contributed by atoms with E-state index in [0.29, 0.717) is 18.2 Å². The summed E-state index contributed by atoms with van der Waals surface area (Å²) < 4.78 is 2.63. The van der Waals surface area contributed by atoms with Crippen LogP contribution in [0.15, 0.2) is 15.8 Å². The molecule has 0 bridgehead atoms. The topological polar surface area (TPSA) is 56.0 Å². The maximum atomic E-state index is 12.0. The Morgan fingerprint density at radius 2 is 1.79 bits per heavy atom. The van der Waals surface area contributed by atoms with Crippen LogP contribution in [-0.2, 0) is 20.6 Å². The fourth-order valence-corrected chi connectivity index (χ4v) is 2.74. The van der Waals surface area contributed by atoms with Crippen LogP contribution in [0.1, 0.15) is 44.1 Å². The summed E-state index contributed by atoms with van der Waals surface area (Å²) in [6.45, 7) is 0.547. The zero-order chi connectivity index (χ0) is 13.8. The van der Waals surface area contributed by atoms with E-state index in [-0.39, 0.29) is 11.2 Å². The molecule has 1 aliphatic rings. The van der Waals surface area contributed by atoms with Gasteiger partial charge in [-0.2, -0.15) is 0 Å². The number of hydrogen-bond donors (Lipinski definition) is 1. The predicted molar refractivity (Wildman–Crippen MR) is 75.3 cm³/mol. The van der Waals surface area contributed by atoms with Crippen LogP contribution < -0.4 is 16.6 Å². The van der Waals surface area contributed by atoms with E-state index in [1.807, 2.05) is 0 Å². The van der Waals surface area contributed by atoms with Gasteiger partial charge in [0, 0.05) is 38.4 Å². The SMILES string of the molecule is Cn1cc(CNC2CCCCCC2)c(=O)n(C)c1=O. The summed E-state index contributed by atoms with van der Waals surface area (Å²) >= 11 is 0. The Morgan fingerprint density at radius 1 is 1.16 bits per heavy atom. The summed E-state index contributed by atoms with van der Waals surface area (Å²) in [6, 6.07) is 0.504. The lowest BCUT2D eigenvalue weighted by Crippen LogP contribution is -2.40. The lowest BCUT2D eigenvalue weighted by Gasteiger charge is -2.16. The van der Waals surface area contributed by atoms with Crippen LogP contribution in [0.25, 0.3) is 0 Å². The van der Waals surface area contributed by atoms with E-state index in [4.69, 9.17) is 0 Å². The molecule has 0 atom stereocenters. The lowest BCUT2D eigenvalue weighted by molar-refractivity contribution is 0.455. The second-order valence-electron chi connectivity index (χ2n) is 5.48. The number of rotatable bonds is 3. The van der Waals surface area contributed by atoms with Gasteiger partial charge in [-0.1, -0.05) is 25.7 Å². The van der Waals surface area contributed by atoms with E-state index >= 15 is 0 Å². The summed E-state index contributed by atoms with van der Waals surface area (Å²) in [7, 11) is 3.21. The molecule has 1 aliphatic carbocycles. The Morgan fingerprint density at radius 3 is 2.42 bits per heavy atom. The van der Waals surface area contributed by atoms with Crippen LogP contribution in [0.4, 0.5) is 0 Å². The predicted octanol–water partition coefficient (Wildman–Crippen LogP) is 0.896. The van der Waals surface area contributed by atoms with Gasteiger partial charge in [0.05, 0.1) is 0 Å². The summed E-state index contributed by atoms with van der Waals surface area (Å²) in [5.74, 6) is 0. The van der Waals surface area contributed by atoms with Crippen LogP contribution in [0.3, 0.4) is 0 Å². The van der Waals surface area contributed by atoms with Gasteiger partial charge in [-0.05, 0) is 12.8 Å². The molecule has 0 spiro atoms. The molecule has 19 heavy (non-hydrogen) atoms. The van der Waals surface area contributed by atoms with E-state index in [2.05, 4.69) is 5.32 Å². The van der Waals surface area contributed by atoms with Crippen LogP contribution in [0, 0.1) is 0 Å². The maximum Gasteiger partial charge on any atom is 0.330 e. The monoisotopic (exact) mass is 265 g/mol. The molecule has 1 saturated carbocycles. The van der Waals surface area contributed by atoms with E-state index in [1.165, 1.54) is 54.7 Å². The van der Waals surface area contributed by atoms with Gasteiger partial charge in [0.1, 0.15) is 0 Å². The first-order chi connectivity index (χ1) is 9.09. The van der Waals surface area contributed by atoms with Crippen molar-refractivity contribution in [2.75, 3.05) is 0 Å². The molecule has 0 amide bonds. The highest BCUT2D eigenvalue weighted by molar-refractivity contribution is 5.05. The molecular formula is C14H23N3O2. The first-order valence-electron chi connectivity index (χ1n) is 7.08. The van der Waals surface area contributed by atoms with Crippen molar-refractivity contribution in [1.82, 2.24) is 14.5 Å². The second kappa shape index (κ2) is 6.19. The summed E-state index contributed by atoms with van der Waals surface area (Å²) in [4.78, 5) is 23.6. The third kappa shape index (κ3) is 3.35. The first kappa shape index (κ1) is 14.1. The molecular weight excluding hydrogens is 242 g/mol. The average Bonchev–Trinajstić information content (AvgIpc) is 2.67. The minimum Gasteiger partial charge on any atom is -0.310 e. The van der Waals surface area contributed by atoms with Crippen molar-refractivity contribution in [3.8, 4) is 0 Å². The summed E-state index contributed by atoms with van der Waals surface area (Å²) in [6.07, 6.45) is 9.19. The van der Waals surface area contributed by atoms with Crippen LogP contribution >= 0.6 is 0 Å². The molecule has 0 radical (unpaired) electrons. The minimum atomic E-state index is -0.275. The van der Waals surface area contributed by atoms with Crippen molar-refractivity contribution in [1.29, 1.82) is 0 Å². The number of aryl methyl sites for hydroxylation is 1. The molecule has 0 aliphatic heterocycles. The molecule has 1 heterocycles. The van der Waals surface area contributed by atoms with Gasteiger partial charge in [0.2, 0.25) is 0 Å². The molecule has 0 unspecified atom stereocenters. The van der Waals surface area contributed by atoms with E-state index < -0.39 is 0 Å². The van der Waals surface area contributed by atoms with Crippen LogP contribution in [0.5, 0.6) is 0 Å². The van der Waals surface area contributed by atoms with Gasteiger partial charge < -0.3 is 9.88 Å². The van der Waals surface area contributed by atoms with E-state index in [9.17, 15) is 9.59 Å². The molecule has 1 N–H and O–H groups in total. The van der Waals surface area contributed by atoms with Crippen LogP contribution in [0.2, 0.25) is 0 Å². The Balaban J connectivity index is 2.07. The third-order valence-corrected chi connectivity index (χ3v) is 3.95. The van der Waals surface area contributed by atoms with Gasteiger partial charge in [-0.3, -0.25) is 9.36 Å². The Hall–Kier alpha value is -1.36. The van der Waals surface area contributed by atoms with E-state index in [1.54, 1.807) is 13.2 Å². The highest BCUT2D eigenvalue weighted by Crippen LogP contribution is 2.17. The molecule has 0 aromatic carbocycles. The van der Waals surface area contributed by atoms with Gasteiger partial charge in [-0.25, -0.2) is 4.79 Å². The molecule has 5 heteroatoms. The van der Waals surface area contributed by atoms with Gasteiger partial charge in [0.15, 0.2) is 0 Å². The summed E-state index contributed by atoms with van der Waals surface area (Å²) in [5.41, 5.74) is 0.196. The van der Waals surface area contributed by atoms with Crippen molar-refractivity contribution in [3.63, 3.8) is 0 Å². The molecule has 2 rings (SSSR count). The second-order valence-corrected chi connectivity index (χ2v) is 5.48. The Labute approximate surface area is 113 Å². The largest absolute Gasteiger partial charge is 0.330 e. The third-order valence-electron chi connectivity index (χ3n) is 3.95. The van der Waals surface area contributed by atoms with Crippen molar-refractivity contribution in [3.05, 3.63) is 32.6 Å². The summed E-state index contributed by atoms with van der Waals surface area (Å²) in [5, 5.41) is 3.46. The van der Waals surface area contributed by atoms with Gasteiger partial charge >= 0.3 is 5.69 Å². The molecule has 1 aromatic heterocycles. The Kier molecular flexibility index (Phi) is 4.58. The fraction of sp³-hybridized carbons (Fsp3) is 0.714. The smallest absolute Gasteiger partial charge is 0.310 e. The van der Waals surface area contributed by atoms with Gasteiger partial charge in [-0.15, -0.1) is 0 Å². The van der Waals surface area contributed by atoms with Crippen molar-refractivity contribution in [2.45, 2.75) is 51.1 Å². The quantitative estimate of drug-likeness (QED) is 0.826. The molecule has 106 valence electrons.